The Kier molecular flexibility index (Phi) is 12.4. The van der Waals surface area contributed by atoms with E-state index < -0.39 is 0 Å². The van der Waals surface area contributed by atoms with E-state index in [0.717, 1.165) is 43.1 Å². The minimum absolute atomic E-state index is 0. The number of likely N-dealkylation sites (tertiary alicyclic amines) is 1. The van der Waals surface area contributed by atoms with Crippen LogP contribution in [-0.4, -0.2) is 62.4 Å². The highest BCUT2D eigenvalue weighted by molar-refractivity contribution is 14.0. The molecule has 0 aliphatic carbocycles. The molecule has 1 saturated heterocycles. The number of aliphatic imine (C=N–C) groups is 1. The van der Waals surface area contributed by atoms with Gasteiger partial charge in [-0.15, -0.1) is 24.0 Å². The van der Waals surface area contributed by atoms with Gasteiger partial charge < -0.3 is 15.5 Å². The molecular formula is C27H40IN5O. The van der Waals surface area contributed by atoms with Crippen LogP contribution < -0.4 is 10.6 Å². The molecule has 7 heteroatoms. The van der Waals surface area contributed by atoms with Gasteiger partial charge >= 0.3 is 0 Å². The molecule has 2 aromatic carbocycles. The number of benzene rings is 2. The van der Waals surface area contributed by atoms with E-state index in [1.54, 1.807) is 26.0 Å². The van der Waals surface area contributed by atoms with Crippen LogP contribution in [0.5, 0.6) is 0 Å². The number of carbonyl (C=O) groups excluding carboxylic acids is 1. The maximum absolute atomic E-state index is 12.2. The monoisotopic (exact) mass is 577 g/mol. The number of hydrogen-bond donors (Lipinski definition) is 2. The Morgan fingerprint density at radius 1 is 0.971 bits per heavy atom. The maximum Gasteiger partial charge on any atom is 0.253 e. The average Bonchev–Trinajstić information content (AvgIpc) is 3.10. The van der Waals surface area contributed by atoms with Crippen molar-refractivity contribution in [3.05, 3.63) is 70.8 Å². The van der Waals surface area contributed by atoms with E-state index in [4.69, 9.17) is 0 Å². The summed E-state index contributed by atoms with van der Waals surface area (Å²) in [5.74, 6) is 0.821. The van der Waals surface area contributed by atoms with E-state index >= 15 is 0 Å². The summed E-state index contributed by atoms with van der Waals surface area (Å²) in [4.78, 5) is 20.8. The third-order valence-electron chi connectivity index (χ3n) is 6.17. The van der Waals surface area contributed by atoms with E-state index in [0.29, 0.717) is 0 Å². The van der Waals surface area contributed by atoms with E-state index in [1.165, 1.54) is 49.9 Å². The van der Waals surface area contributed by atoms with Crippen molar-refractivity contribution in [3.8, 4) is 0 Å². The predicted molar refractivity (Wildman–Crippen MR) is 152 cm³/mol. The molecule has 3 rings (SSSR count). The quantitative estimate of drug-likeness (QED) is 0.279. The first kappa shape index (κ1) is 28.1. The Bertz CT molecular complexity index is 923. The summed E-state index contributed by atoms with van der Waals surface area (Å²) in [6.07, 6.45) is 6.16. The van der Waals surface area contributed by atoms with E-state index in [9.17, 15) is 4.79 Å². The normalized spacial score (nSPS) is 14.6. The number of nitrogens with one attached hydrogen (secondary N) is 2. The van der Waals surface area contributed by atoms with Crippen LogP contribution in [0.25, 0.3) is 0 Å². The van der Waals surface area contributed by atoms with Gasteiger partial charge in [-0.25, -0.2) is 0 Å². The molecule has 1 fully saturated rings. The van der Waals surface area contributed by atoms with Gasteiger partial charge in [-0.05, 0) is 61.2 Å². The molecule has 0 bridgehead atoms. The fourth-order valence-electron chi connectivity index (χ4n) is 4.26. The van der Waals surface area contributed by atoms with Gasteiger partial charge in [0.15, 0.2) is 5.96 Å². The Morgan fingerprint density at radius 2 is 1.68 bits per heavy atom. The van der Waals surface area contributed by atoms with Crippen molar-refractivity contribution in [1.29, 1.82) is 0 Å². The highest BCUT2D eigenvalue weighted by Crippen LogP contribution is 2.16. The lowest BCUT2D eigenvalue weighted by molar-refractivity contribution is 0.0827. The standard InChI is InChI=1S/C27H39N5O.HI/c1-28-27(29-16-15-22-11-10-14-23(19-22)26(33)31(2)3)30-20-24-12-6-7-13-25(24)21-32-17-8-4-5-9-18-32;/h6-7,10-14,19H,4-5,8-9,15-18,20-21H2,1-3H3,(H2,28,29,30);1H. The summed E-state index contributed by atoms with van der Waals surface area (Å²) in [5.41, 5.74) is 4.57. The molecule has 0 unspecified atom stereocenters. The second-order valence-electron chi connectivity index (χ2n) is 8.96. The number of hydrogen-bond acceptors (Lipinski definition) is 3. The molecule has 0 radical (unpaired) electrons. The van der Waals surface area contributed by atoms with Crippen LogP contribution in [0.3, 0.4) is 0 Å². The first-order chi connectivity index (χ1) is 16.1. The lowest BCUT2D eigenvalue weighted by atomic mass is 10.1. The van der Waals surface area contributed by atoms with Crippen molar-refractivity contribution in [2.45, 2.75) is 45.2 Å². The van der Waals surface area contributed by atoms with Crippen LogP contribution in [0.1, 0.15) is 52.7 Å². The molecule has 0 spiro atoms. The van der Waals surface area contributed by atoms with Gasteiger partial charge in [0.2, 0.25) is 0 Å². The minimum Gasteiger partial charge on any atom is -0.356 e. The maximum atomic E-state index is 12.2. The van der Waals surface area contributed by atoms with E-state index in [2.05, 4.69) is 50.9 Å². The SMILES string of the molecule is CN=C(NCCc1cccc(C(=O)N(C)C)c1)NCc1ccccc1CN1CCCCCC1.I. The largest absolute Gasteiger partial charge is 0.356 e. The zero-order chi connectivity index (χ0) is 23.5. The number of guanidine groups is 1. The van der Waals surface area contributed by atoms with Gasteiger partial charge in [0.05, 0.1) is 0 Å². The van der Waals surface area contributed by atoms with E-state index in [1.807, 2.05) is 18.2 Å². The van der Waals surface area contributed by atoms with Crippen molar-refractivity contribution in [2.75, 3.05) is 40.8 Å². The number of rotatable bonds is 8. The number of nitrogens with zero attached hydrogens (tertiary/aromatic N) is 3. The van der Waals surface area contributed by atoms with Crippen LogP contribution in [0.15, 0.2) is 53.5 Å². The molecule has 1 aliphatic rings. The van der Waals surface area contributed by atoms with Gasteiger partial charge in [-0.2, -0.15) is 0 Å². The van der Waals surface area contributed by atoms with Crippen molar-refractivity contribution < 1.29 is 4.79 Å². The molecule has 34 heavy (non-hydrogen) atoms. The lowest BCUT2D eigenvalue weighted by Gasteiger charge is -2.22. The Labute approximate surface area is 222 Å². The third-order valence-corrected chi connectivity index (χ3v) is 6.17. The Hall–Kier alpha value is -2.13. The zero-order valence-corrected chi connectivity index (χ0v) is 23.2. The summed E-state index contributed by atoms with van der Waals surface area (Å²) < 4.78 is 0. The van der Waals surface area contributed by atoms with Gasteiger partial charge in [0, 0.05) is 46.3 Å². The van der Waals surface area contributed by atoms with Gasteiger partial charge in [0.25, 0.3) is 5.91 Å². The minimum atomic E-state index is 0. The zero-order valence-electron chi connectivity index (χ0n) is 20.8. The summed E-state index contributed by atoms with van der Waals surface area (Å²) >= 11 is 0. The summed E-state index contributed by atoms with van der Waals surface area (Å²) in [5, 5.41) is 6.87. The lowest BCUT2D eigenvalue weighted by Crippen LogP contribution is -2.38. The average molecular weight is 578 g/mol. The first-order valence-corrected chi connectivity index (χ1v) is 12.1. The Balaban J connectivity index is 0.00000408. The highest BCUT2D eigenvalue weighted by atomic mass is 127. The predicted octanol–water partition coefficient (Wildman–Crippen LogP) is 4.29. The molecule has 2 N–H and O–H groups in total. The van der Waals surface area contributed by atoms with Crippen LogP contribution in [0, 0.1) is 0 Å². The molecule has 0 atom stereocenters. The second kappa shape index (κ2) is 15.0. The molecule has 186 valence electrons. The molecular weight excluding hydrogens is 537 g/mol. The topological polar surface area (TPSA) is 60.0 Å². The molecule has 0 aromatic heterocycles. The molecule has 1 aliphatic heterocycles. The van der Waals surface area contributed by atoms with Gasteiger partial charge in [-0.3, -0.25) is 14.7 Å². The highest BCUT2D eigenvalue weighted by Gasteiger charge is 2.12. The second-order valence-corrected chi connectivity index (χ2v) is 8.96. The van der Waals surface area contributed by atoms with Crippen LogP contribution in [0.2, 0.25) is 0 Å². The Morgan fingerprint density at radius 3 is 2.35 bits per heavy atom. The van der Waals surface area contributed by atoms with Crippen molar-refractivity contribution in [2.24, 2.45) is 4.99 Å². The van der Waals surface area contributed by atoms with Crippen molar-refractivity contribution >= 4 is 35.8 Å². The summed E-state index contributed by atoms with van der Waals surface area (Å²) in [7, 11) is 5.35. The van der Waals surface area contributed by atoms with Crippen molar-refractivity contribution in [3.63, 3.8) is 0 Å². The van der Waals surface area contributed by atoms with Gasteiger partial charge in [0.1, 0.15) is 0 Å². The summed E-state index contributed by atoms with van der Waals surface area (Å²) in [6, 6.07) is 16.5. The third kappa shape index (κ3) is 8.91. The van der Waals surface area contributed by atoms with Gasteiger partial charge in [-0.1, -0.05) is 49.2 Å². The molecule has 1 amide bonds. The number of carbonyl (C=O) groups is 1. The smallest absolute Gasteiger partial charge is 0.253 e. The molecule has 6 nitrogen and oxygen atoms in total. The molecule has 1 heterocycles. The molecule has 2 aromatic rings. The van der Waals surface area contributed by atoms with E-state index in [-0.39, 0.29) is 29.9 Å². The molecule has 0 saturated carbocycles. The van der Waals surface area contributed by atoms with Crippen molar-refractivity contribution in [1.82, 2.24) is 20.4 Å². The van der Waals surface area contributed by atoms with Crippen LogP contribution >= 0.6 is 24.0 Å². The summed E-state index contributed by atoms with van der Waals surface area (Å²) in [6.45, 7) is 4.91. The van der Waals surface area contributed by atoms with Crippen LogP contribution in [0.4, 0.5) is 0 Å². The van der Waals surface area contributed by atoms with Crippen LogP contribution in [-0.2, 0) is 19.5 Å². The first-order valence-electron chi connectivity index (χ1n) is 12.1. The fourth-order valence-corrected chi connectivity index (χ4v) is 4.26. The number of halogens is 1. The number of amides is 1. The fraction of sp³-hybridized carbons (Fsp3) is 0.481.